The summed E-state index contributed by atoms with van der Waals surface area (Å²) >= 11 is 0. The summed E-state index contributed by atoms with van der Waals surface area (Å²) < 4.78 is 11.1. The Morgan fingerprint density at radius 1 is 0.929 bits per heavy atom. The molecule has 4 aromatic rings. The van der Waals surface area contributed by atoms with Crippen LogP contribution in [0.3, 0.4) is 0 Å². The molecule has 0 saturated heterocycles. The number of ether oxygens (including phenoxy) is 1. The van der Waals surface area contributed by atoms with Gasteiger partial charge in [-0.05, 0) is 47.9 Å². The summed E-state index contributed by atoms with van der Waals surface area (Å²) in [6.07, 6.45) is 0.908. The summed E-state index contributed by atoms with van der Waals surface area (Å²) in [4.78, 5) is 12.4. The number of nitrogens with one attached hydrogen (secondary N) is 1. The van der Waals surface area contributed by atoms with Gasteiger partial charge in [0.15, 0.2) is 0 Å². The summed E-state index contributed by atoms with van der Waals surface area (Å²) in [5.74, 6) is 2.35. The van der Waals surface area contributed by atoms with Crippen LogP contribution in [-0.4, -0.2) is 13.0 Å². The molecule has 1 amide bonds. The predicted octanol–water partition coefficient (Wildman–Crippen LogP) is 5.68. The topological polar surface area (TPSA) is 51.5 Å². The second-order valence-electron chi connectivity index (χ2n) is 6.57. The van der Waals surface area contributed by atoms with Crippen molar-refractivity contribution in [3.63, 3.8) is 0 Å². The minimum absolute atomic E-state index is 0.0289. The van der Waals surface area contributed by atoms with E-state index in [0.717, 1.165) is 39.3 Å². The average Bonchev–Trinajstić information content (AvgIpc) is 3.22. The van der Waals surface area contributed by atoms with Gasteiger partial charge in [-0.15, -0.1) is 0 Å². The molecule has 1 N–H and O–H groups in total. The molecule has 1 aromatic heterocycles. The summed E-state index contributed by atoms with van der Waals surface area (Å²) in [6, 6.07) is 25.5. The van der Waals surface area contributed by atoms with Gasteiger partial charge in [0.1, 0.15) is 17.3 Å². The van der Waals surface area contributed by atoms with Gasteiger partial charge >= 0.3 is 0 Å². The van der Waals surface area contributed by atoms with Crippen LogP contribution in [0.5, 0.6) is 5.75 Å². The molecule has 0 bridgehead atoms. The van der Waals surface area contributed by atoms with Gasteiger partial charge in [0.25, 0.3) is 0 Å². The van der Waals surface area contributed by atoms with E-state index in [1.165, 1.54) is 0 Å². The quantitative estimate of drug-likeness (QED) is 0.474. The van der Waals surface area contributed by atoms with Gasteiger partial charge in [-0.2, -0.15) is 0 Å². The van der Waals surface area contributed by atoms with Crippen LogP contribution in [0, 0.1) is 0 Å². The lowest BCUT2D eigenvalue weighted by molar-refractivity contribution is -0.116. The molecule has 0 aliphatic rings. The van der Waals surface area contributed by atoms with E-state index in [-0.39, 0.29) is 5.91 Å². The number of hydrogen-bond donors (Lipinski definition) is 1. The normalized spacial score (nSPS) is 10.8. The van der Waals surface area contributed by atoms with Gasteiger partial charge in [-0.25, -0.2) is 0 Å². The molecule has 0 aliphatic carbocycles. The predicted molar refractivity (Wildman–Crippen MR) is 112 cm³/mol. The molecule has 1 heterocycles. The van der Waals surface area contributed by atoms with E-state index in [1.54, 1.807) is 7.11 Å². The zero-order chi connectivity index (χ0) is 19.3. The zero-order valence-electron chi connectivity index (χ0n) is 15.6. The maximum absolute atomic E-state index is 12.4. The van der Waals surface area contributed by atoms with Crippen LogP contribution in [0.4, 0.5) is 5.69 Å². The Kier molecular flexibility index (Phi) is 5.11. The molecule has 0 saturated carbocycles. The fourth-order valence-electron chi connectivity index (χ4n) is 3.21. The fourth-order valence-corrected chi connectivity index (χ4v) is 3.21. The minimum atomic E-state index is -0.0289. The first-order chi connectivity index (χ1) is 13.7. The lowest BCUT2D eigenvalue weighted by Crippen LogP contribution is -2.12. The lowest BCUT2D eigenvalue weighted by atomic mass is 10.1. The number of rotatable bonds is 6. The first kappa shape index (κ1) is 17.9. The van der Waals surface area contributed by atoms with Crippen molar-refractivity contribution in [3.8, 4) is 17.1 Å². The van der Waals surface area contributed by atoms with Gasteiger partial charge in [-0.3, -0.25) is 4.79 Å². The van der Waals surface area contributed by atoms with Crippen molar-refractivity contribution >= 4 is 22.4 Å². The molecule has 3 aromatic carbocycles. The second-order valence-corrected chi connectivity index (χ2v) is 6.57. The number of aryl methyl sites for hydroxylation is 1. The average molecular weight is 371 g/mol. The van der Waals surface area contributed by atoms with Gasteiger partial charge in [0.2, 0.25) is 5.91 Å². The molecule has 4 nitrogen and oxygen atoms in total. The van der Waals surface area contributed by atoms with E-state index in [9.17, 15) is 4.79 Å². The Morgan fingerprint density at radius 3 is 2.54 bits per heavy atom. The highest BCUT2D eigenvalue weighted by molar-refractivity contribution is 6.02. The van der Waals surface area contributed by atoms with Crippen LogP contribution in [0.15, 0.2) is 83.3 Å². The van der Waals surface area contributed by atoms with Gasteiger partial charge < -0.3 is 14.5 Å². The lowest BCUT2D eigenvalue weighted by Gasteiger charge is -2.08. The number of amides is 1. The molecular formula is C24H21NO3. The third-order valence-electron chi connectivity index (χ3n) is 4.70. The van der Waals surface area contributed by atoms with Crippen molar-refractivity contribution < 1.29 is 13.9 Å². The highest BCUT2D eigenvalue weighted by Gasteiger charge is 2.09. The Morgan fingerprint density at radius 2 is 1.71 bits per heavy atom. The fraction of sp³-hybridized carbons (Fsp3) is 0.125. The van der Waals surface area contributed by atoms with E-state index in [2.05, 4.69) is 5.32 Å². The number of anilines is 1. The van der Waals surface area contributed by atoms with Crippen LogP contribution in [0.1, 0.15) is 12.2 Å². The van der Waals surface area contributed by atoms with E-state index in [4.69, 9.17) is 9.15 Å². The molecule has 0 spiro atoms. The molecule has 4 heteroatoms. The molecule has 140 valence electrons. The third-order valence-corrected chi connectivity index (χ3v) is 4.70. The standard InChI is InChI=1S/C24H21NO3/c1-27-19-11-9-18(10-12-19)23-15-13-20(28-23)14-16-24(26)25-22-8-4-6-17-5-2-3-7-21(17)22/h2-13,15H,14,16H2,1H3,(H,25,26). The second kappa shape index (κ2) is 8.01. The molecule has 0 aliphatic heterocycles. The summed E-state index contributed by atoms with van der Waals surface area (Å²) in [7, 11) is 1.64. The highest BCUT2D eigenvalue weighted by Crippen LogP contribution is 2.26. The number of furan rings is 1. The Hall–Kier alpha value is -3.53. The maximum atomic E-state index is 12.4. The van der Waals surface area contributed by atoms with Crippen molar-refractivity contribution in [2.45, 2.75) is 12.8 Å². The van der Waals surface area contributed by atoms with E-state index in [1.807, 2.05) is 78.9 Å². The van der Waals surface area contributed by atoms with Gasteiger partial charge in [0.05, 0.1) is 7.11 Å². The van der Waals surface area contributed by atoms with Gasteiger partial charge in [0, 0.05) is 29.5 Å². The summed E-state index contributed by atoms with van der Waals surface area (Å²) in [6.45, 7) is 0. The molecule has 0 unspecified atom stereocenters. The van der Waals surface area contributed by atoms with E-state index < -0.39 is 0 Å². The molecule has 0 fully saturated rings. The molecule has 0 atom stereocenters. The van der Waals surface area contributed by atoms with Crippen LogP contribution >= 0.6 is 0 Å². The van der Waals surface area contributed by atoms with E-state index in [0.29, 0.717) is 12.8 Å². The summed E-state index contributed by atoms with van der Waals surface area (Å²) in [5, 5.41) is 5.16. The van der Waals surface area contributed by atoms with Crippen molar-refractivity contribution in [3.05, 3.63) is 84.6 Å². The largest absolute Gasteiger partial charge is 0.497 e. The Bertz CT molecular complexity index is 1090. The van der Waals surface area contributed by atoms with Crippen molar-refractivity contribution in [2.75, 3.05) is 12.4 Å². The third kappa shape index (κ3) is 3.91. The van der Waals surface area contributed by atoms with Crippen molar-refractivity contribution in [1.29, 1.82) is 0 Å². The first-order valence-electron chi connectivity index (χ1n) is 9.24. The number of hydrogen-bond acceptors (Lipinski definition) is 3. The number of fused-ring (bicyclic) bond motifs is 1. The van der Waals surface area contributed by atoms with Crippen LogP contribution in [0.2, 0.25) is 0 Å². The molecule has 28 heavy (non-hydrogen) atoms. The van der Waals surface area contributed by atoms with E-state index >= 15 is 0 Å². The number of carbonyl (C=O) groups is 1. The smallest absolute Gasteiger partial charge is 0.224 e. The zero-order valence-corrected chi connectivity index (χ0v) is 15.6. The highest BCUT2D eigenvalue weighted by atomic mass is 16.5. The summed E-state index contributed by atoms with van der Waals surface area (Å²) in [5.41, 5.74) is 1.81. The van der Waals surface area contributed by atoms with Crippen LogP contribution in [0.25, 0.3) is 22.1 Å². The van der Waals surface area contributed by atoms with Crippen LogP contribution in [-0.2, 0) is 11.2 Å². The maximum Gasteiger partial charge on any atom is 0.224 e. The monoisotopic (exact) mass is 371 g/mol. The molecule has 4 rings (SSSR count). The Balaban J connectivity index is 1.39. The minimum Gasteiger partial charge on any atom is -0.497 e. The van der Waals surface area contributed by atoms with Gasteiger partial charge in [-0.1, -0.05) is 36.4 Å². The number of carbonyl (C=O) groups excluding carboxylic acids is 1. The molecule has 0 radical (unpaired) electrons. The number of benzene rings is 3. The Labute approximate surface area is 163 Å². The number of methoxy groups -OCH3 is 1. The van der Waals surface area contributed by atoms with Crippen LogP contribution < -0.4 is 10.1 Å². The molecular weight excluding hydrogens is 350 g/mol. The van der Waals surface area contributed by atoms with Crippen molar-refractivity contribution in [1.82, 2.24) is 0 Å². The SMILES string of the molecule is COc1ccc(-c2ccc(CCC(=O)Nc3cccc4ccccc34)o2)cc1. The first-order valence-corrected chi connectivity index (χ1v) is 9.24. The van der Waals surface area contributed by atoms with Crippen molar-refractivity contribution in [2.24, 2.45) is 0 Å².